The minimum Gasteiger partial charge on any atom is -0.455 e. The fourth-order valence-electron chi connectivity index (χ4n) is 3.29. The number of carbonyl (C=O) groups excluding carboxylic acids is 1. The number of rotatable bonds is 4. The Kier molecular flexibility index (Phi) is 4.06. The quantitative estimate of drug-likeness (QED) is 0.618. The summed E-state index contributed by atoms with van der Waals surface area (Å²) in [5.74, 6) is -2.28. The van der Waals surface area contributed by atoms with Gasteiger partial charge in [0, 0.05) is 12.0 Å². The van der Waals surface area contributed by atoms with E-state index in [1.807, 2.05) is 0 Å². The van der Waals surface area contributed by atoms with Gasteiger partial charge in [0.2, 0.25) is 0 Å². The maximum Gasteiger partial charge on any atom is 0.490 e. The normalized spacial score (nSPS) is 34.9. The molecule has 10 heteroatoms. The molecule has 1 heterocycles. The molecule has 1 spiro atoms. The smallest absolute Gasteiger partial charge is 0.455 e. The molecule has 0 aromatic heterocycles. The second-order valence-electron chi connectivity index (χ2n) is 6.87. The molecular weight excluding hydrogens is 344 g/mol. The van der Waals surface area contributed by atoms with E-state index in [4.69, 9.17) is 4.74 Å². The van der Waals surface area contributed by atoms with Crippen molar-refractivity contribution in [1.29, 1.82) is 0 Å². The summed E-state index contributed by atoms with van der Waals surface area (Å²) in [5, 5.41) is 2.98. The molecule has 3 rings (SSSR count). The Balaban J connectivity index is 1.60. The summed E-state index contributed by atoms with van der Waals surface area (Å²) in [7, 11) is 0. The summed E-state index contributed by atoms with van der Waals surface area (Å²) in [6.45, 7) is 0.251. The number of piperidine rings is 1. The summed E-state index contributed by atoms with van der Waals surface area (Å²) in [4.78, 5) is 10.9. The Morgan fingerprint density at radius 2 is 1.79 bits per heavy atom. The van der Waals surface area contributed by atoms with Crippen molar-refractivity contribution in [2.75, 3.05) is 19.7 Å². The fraction of sp³-hybridized carbons (Fsp3) is 0.929. The maximum atomic E-state index is 13.0. The topological polar surface area (TPSA) is 47.6 Å². The van der Waals surface area contributed by atoms with Crippen molar-refractivity contribution in [2.45, 2.75) is 50.2 Å². The largest absolute Gasteiger partial charge is 0.490 e. The highest BCUT2D eigenvalue weighted by Gasteiger charge is 2.67. The lowest BCUT2D eigenvalue weighted by Gasteiger charge is -2.34. The Bertz CT molecular complexity index is 516. The van der Waals surface area contributed by atoms with E-state index in [9.17, 15) is 31.1 Å². The van der Waals surface area contributed by atoms with Gasteiger partial charge in [0.15, 0.2) is 0 Å². The third-order valence-corrected chi connectivity index (χ3v) is 5.22. The van der Waals surface area contributed by atoms with Crippen LogP contribution in [-0.4, -0.2) is 50.2 Å². The summed E-state index contributed by atoms with van der Waals surface area (Å²) < 4.78 is 85.7. The maximum absolute atomic E-state index is 13.0. The first-order valence-corrected chi connectivity index (χ1v) is 7.67. The van der Waals surface area contributed by atoms with E-state index in [-0.39, 0.29) is 25.8 Å². The van der Waals surface area contributed by atoms with Gasteiger partial charge in [-0.25, -0.2) is 4.79 Å². The predicted molar refractivity (Wildman–Crippen MR) is 67.9 cm³/mol. The van der Waals surface area contributed by atoms with Crippen LogP contribution in [0.1, 0.15) is 25.7 Å². The van der Waals surface area contributed by atoms with Crippen LogP contribution in [0.3, 0.4) is 0 Å². The third-order valence-electron chi connectivity index (χ3n) is 5.22. The molecule has 0 radical (unpaired) electrons. The molecule has 0 aromatic rings. The molecule has 0 aromatic carbocycles. The SMILES string of the molecule is O=C(OC1CC12CNCCC2OCC1(C(F)(F)F)CC1)C(F)(F)F. The van der Waals surface area contributed by atoms with Gasteiger partial charge in [-0.3, -0.25) is 0 Å². The van der Waals surface area contributed by atoms with Crippen molar-refractivity contribution in [3.05, 3.63) is 0 Å². The summed E-state index contributed by atoms with van der Waals surface area (Å²) in [6.07, 6.45) is -10.5. The number of nitrogens with one attached hydrogen (secondary N) is 1. The van der Waals surface area contributed by atoms with Crippen molar-refractivity contribution in [2.24, 2.45) is 10.8 Å². The van der Waals surface area contributed by atoms with Crippen LogP contribution in [0.2, 0.25) is 0 Å². The number of esters is 1. The molecule has 3 fully saturated rings. The van der Waals surface area contributed by atoms with Crippen LogP contribution in [0, 0.1) is 10.8 Å². The van der Waals surface area contributed by atoms with Crippen molar-refractivity contribution >= 4 is 5.97 Å². The Morgan fingerprint density at radius 1 is 1.12 bits per heavy atom. The molecule has 1 saturated heterocycles. The van der Waals surface area contributed by atoms with Gasteiger partial charge in [-0.05, 0) is 32.2 Å². The van der Waals surface area contributed by atoms with Crippen LogP contribution in [0.5, 0.6) is 0 Å². The van der Waals surface area contributed by atoms with Gasteiger partial charge in [0.25, 0.3) is 0 Å². The lowest BCUT2D eigenvalue weighted by atomic mass is 9.92. The summed E-state index contributed by atoms with van der Waals surface area (Å²) in [6, 6.07) is 0. The number of halogens is 6. The molecule has 0 amide bonds. The Labute approximate surface area is 133 Å². The molecule has 3 aliphatic rings. The van der Waals surface area contributed by atoms with Gasteiger partial charge in [-0.15, -0.1) is 0 Å². The zero-order valence-electron chi connectivity index (χ0n) is 12.6. The summed E-state index contributed by atoms with van der Waals surface area (Å²) >= 11 is 0. The average Bonchev–Trinajstić information content (AvgIpc) is 3.35. The van der Waals surface area contributed by atoms with Crippen LogP contribution in [0.25, 0.3) is 0 Å². The van der Waals surface area contributed by atoms with Crippen molar-refractivity contribution in [3.8, 4) is 0 Å². The minimum absolute atomic E-state index is 0.000951. The van der Waals surface area contributed by atoms with Crippen molar-refractivity contribution in [3.63, 3.8) is 0 Å². The lowest BCUT2D eigenvalue weighted by Crippen LogP contribution is -2.47. The van der Waals surface area contributed by atoms with Gasteiger partial charge in [0.1, 0.15) is 6.10 Å². The van der Waals surface area contributed by atoms with Crippen molar-refractivity contribution < 1.29 is 40.6 Å². The Hall–Kier alpha value is -1.03. The lowest BCUT2D eigenvalue weighted by molar-refractivity contribution is -0.212. The second kappa shape index (κ2) is 5.48. The van der Waals surface area contributed by atoms with Crippen LogP contribution >= 0.6 is 0 Å². The van der Waals surface area contributed by atoms with Gasteiger partial charge >= 0.3 is 18.3 Å². The first kappa shape index (κ1) is 17.8. The number of carbonyl (C=O) groups is 1. The van der Waals surface area contributed by atoms with Crippen LogP contribution in [0.15, 0.2) is 0 Å². The molecule has 3 atom stereocenters. The molecule has 2 aliphatic carbocycles. The minimum atomic E-state index is -5.09. The van der Waals surface area contributed by atoms with Gasteiger partial charge < -0.3 is 14.8 Å². The zero-order chi connectivity index (χ0) is 17.8. The van der Waals surface area contributed by atoms with Crippen LogP contribution in [0.4, 0.5) is 26.3 Å². The molecule has 4 nitrogen and oxygen atoms in total. The van der Waals surface area contributed by atoms with Crippen LogP contribution in [-0.2, 0) is 14.3 Å². The second-order valence-corrected chi connectivity index (χ2v) is 6.87. The van der Waals surface area contributed by atoms with Gasteiger partial charge in [0.05, 0.1) is 18.1 Å². The highest BCUT2D eigenvalue weighted by atomic mass is 19.4. The van der Waals surface area contributed by atoms with Crippen molar-refractivity contribution in [1.82, 2.24) is 5.32 Å². The zero-order valence-corrected chi connectivity index (χ0v) is 12.6. The average molecular weight is 361 g/mol. The Morgan fingerprint density at radius 3 is 2.33 bits per heavy atom. The highest BCUT2D eigenvalue weighted by molar-refractivity contribution is 5.76. The van der Waals surface area contributed by atoms with E-state index in [1.54, 1.807) is 0 Å². The van der Waals surface area contributed by atoms with E-state index in [0.717, 1.165) is 0 Å². The van der Waals surface area contributed by atoms with Gasteiger partial charge in [-0.1, -0.05) is 0 Å². The van der Waals surface area contributed by atoms with Gasteiger partial charge in [-0.2, -0.15) is 26.3 Å². The summed E-state index contributed by atoms with van der Waals surface area (Å²) in [5.41, 5.74) is -2.69. The molecule has 1 N–H and O–H groups in total. The third kappa shape index (κ3) is 3.10. The molecular formula is C14H17F6NO3. The molecule has 138 valence electrons. The first-order chi connectivity index (χ1) is 11.0. The number of hydrogen-bond acceptors (Lipinski definition) is 4. The highest BCUT2D eigenvalue weighted by Crippen LogP contribution is 2.59. The standard InChI is InChI=1S/C14H17F6NO3/c15-13(16,17)10(22)24-9-5-12(9)6-21-4-1-8(12)23-7-11(2-3-11)14(18,19)20/h8-9,21H,1-7H2. The fourth-order valence-corrected chi connectivity index (χ4v) is 3.29. The first-order valence-electron chi connectivity index (χ1n) is 7.67. The predicted octanol–water partition coefficient (Wildman–Crippen LogP) is 2.57. The van der Waals surface area contributed by atoms with E-state index >= 15 is 0 Å². The monoisotopic (exact) mass is 361 g/mol. The number of alkyl halides is 6. The van der Waals surface area contributed by atoms with E-state index in [2.05, 4.69) is 10.1 Å². The molecule has 3 unspecified atom stereocenters. The molecule has 24 heavy (non-hydrogen) atoms. The van der Waals surface area contributed by atoms with Crippen LogP contribution < -0.4 is 5.32 Å². The van der Waals surface area contributed by atoms with E-state index < -0.39 is 48.0 Å². The number of hydrogen-bond donors (Lipinski definition) is 1. The molecule has 1 aliphatic heterocycles. The van der Waals surface area contributed by atoms with E-state index in [1.165, 1.54) is 0 Å². The number of ether oxygens (including phenoxy) is 2. The molecule has 2 saturated carbocycles. The van der Waals surface area contributed by atoms with E-state index in [0.29, 0.717) is 13.0 Å². The molecule has 0 bridgehead atoms.